The normalized spacial score (nSPS) is 17.5. The molecule has 5 nitrogen and oxygen atoms in total. The second-order valence-corrected chi connectivity index (χ2v) is 7.89. The van der Waals surface area contributed by atoms with Crippen LogP contribution in [0.4, 0.5) is 0 Å². The Morgan fingerprint density at radius 1 is 1.07 bits per heavy atom. The lowest BCUT2D eigenvalue weighted by molar-refractivity contribution is -0.131. The van der Waals surface area contributed by atoms with Crippen LogP contribution >= 0.6 is 0 Å². The number of ether oxygens (including phenoxy) is 1. The highest BCUT2D eigenvalue weighted by atomic mass is 16.5. The topological polar surface area (TPSA) is 67.0 Å². The number of H-pyrrole nitrogens is 1. The van der Waals surface area contributed by atoms with Crippen molar-refractivity contribution in [1.29, 1.82) is 0 Å². The predicted molar refractivity (Wildman–Crippen MR) is 110 cm³/mol. The molecule has 0 radical (unpaired) electrons. The first-order valence-electron chi connectivity index (χ1n) is 9.99. The van der Waals surface area contributed by atoms with Gasteiger partial charge in [-0.2, -0.15) is 0 Å². The number of rotatable bonds is 5. The minimum absolute atomic E-state index is 0.0566. The molecule has 0 saturated carbocycles. The van der Waals surface area contributed by atoms with E-state index in [0.717, 1.165) is 22.4 Å². The van der Waals surface area contributed by atoms with Crippen molar-refractivity contribution in [2.75, 3.05) is 13.2 Å². The number of para-hydroxylation sites is 2. The molecule has 1 saturated heterocycles. The fourth-order valence-electron chi connectivity index (χ4n) is 4.07. The first-order valence-corrected chi connectivity index (χ1v) is 9.99. The number of aromatic nitrogens is 2. The van der Waals surface area contributed by atoms with Gasteiger partial charge >= 0.3 is 0 Å². The van der Waals surface area contributed by atoms with Crippen LogP contribution in [0, 0.1) is 5.92 Å². The number of imidazole rings is 1. The summed E-state index contributed by atoms with van der Waals surface area (Å²) in [7, 11) is 0. The molecule has 0 unspecified atom stereocenters. The first kappa shape index (κ1) is 18.7. The summed E-state index contributed by atoms with van der Waals surface area (Å²) in [4.78, 5) is 21.7. The molecule has 2 heterocycles. The maximum atomic E-state index is 13.6. The molecule has 2 aromatic carbocycles. The Bertz CT molecular complexity index is 910. The summed E-state index contributed by atoms with van der Waals surface area (Å²) < 4.78 is 5.57. The zero-order chi connectivity index (χ0) is 19.6. The van der Waals surface area contributed by atoms with Crippen LogP contribution in [0.25, 0.3) is 11.0 Å². The van der Waals surface area contributed by atoms with Gasteiger partial charge in [0.15, 0.2) is 0 Å². The summed E-state index contributed by atoms with van der Waals surface area (Å²) in [6, 6.07) is 17.9. The van der Waals surface area contributed by atoms with Gasteiger partial charge in [0.1, 0.15) is 5.82 Å². The Morgan fingerprint density at radius 3 is 2.43 bits per heavy atom. The summed E-state index contributed by atoms with van der Waals surface area (Å²) in [6.07, 6.45) is 1.38. The molecule has 1 aromatic heterocycles. The molecule has 5 heteroatoms. The lowest BCUT2D eigenvalue weighted by Crippen LogP contribution is -2.49. The Morgan fingerprint density at radius 2 is 1.75 bits per heavy atom. The van der Waals surface area contributed by atoms with E-state index in [1.165, 1.54) is 0 Å². The van der Waals surface area contributed by atoms with Crippen LogP contribution in [0.2, 0.25) is 0 Å². The Kier molecular flexibility index (Phi) is 5.18. The molecule has 1 fully saturated rings. The number of hydrogen-bond donors (Lipinski definition) is 2. The third-order valence-corrected chi connectivity index (χ3v) is 5.76. The number of nitrogens with one attached hydrogen (secondary N) is 2. The number of benzene rings is 2. The highest BCUT2D eigenvalue weighted by Gasteiger charge is 2.42. The molecule has 146 valence electrons. The number of fused-ring (bicyclic) bond motifs is 1. The molecular weight excluding hydrogens is 350 g/mol. The standard InChI is InChI=1S/C23H27N3O2/c1-16(2)20(21-24-18-10-6-7-11-19(18)25-21)26-22(27)23(12-14-28-15-13-23)17-8-4-3-5-9-17/h3-11,16,20H,12-15H2,1-2H3,(H,24,25)(H,26,27)/t20-/m0/s1. The van der Waals surface area contributed by atoms with E-state index in [1.54, 1.807) is 0 Å². The predicted octanol–water partition coefficient (Wildman–Crippen LogP) is 4.12. The van der Waals surface area contributed by atoms with Gasteiger partial charge in [-0.1, -0.05) is 56.3 Å². The van der Waals surface area contributed by atoms with E-state index in [-0.39, 0.29) is 17.9 Å². The number of carbonyl (C=O) groups is 1. The molecular formula is C23H27N3O2. The molecule has 0 aliphatic carbocycles. The molecule has 1 aliphatic heterocycles. The molecule has 4 rings (SSSR count). The van der Waals surface area contributed by atoms with Crippen LogP contribution in [-0.2, 0) is 14.9 Å². The van der Waals surface area contributed by atoms with Crippen molar-refractivity contribution < 1.29 is 9.53 Å². The highest BCUT2D eigenvalue weighted by Crippen LogP contribution is 2.36. The van der Waals surface area contributed by atoms with Gasteiger partial charge in [-0.3, -0.25) is 4.79 Å². The van der Waals surface area contributed by atoms with Gasteiger partial charge in [0.2, 0.25) is 5.91 Å². The highest BCUT2D eigenvalue weighted by molar-refractivity contribution is 5.88. The van der Waals surface area contributed by atoms with Crippen LogP contribution < -0.4 is 5.32 Å². The first-order chi connectivity index (χ1) is 13.6. The molecule has 0 spiro atoms. The van der Waals surface area contributed by atoms with Crippen molar-refractivity contribution in [3.63, 3.8) is 0 Å². The van der Waals surface area contributed by atoms with Gasteiger partial charge in [-0.25, -0.2) is 4.98 Å². The van der Waals surface area contributed by atoms with Gasteiger partial charge in [0.25, 0.3) is 0 Å². The molecule has 28 heavy (non-hydrogen) atoms. The van der Waals surface area contributed by atoms with Gasteiger partial charge in [-0.05, 0) is 36.5 Å². The van der Waals surface area contributed by atoms with Gasteiger partial charge in [0, 0.05) is 13.2 Å². The summed E-state index contributed by atoms with van der Waals surface area (Å²) in [5.41, 5.74) is 2.41. The van der Waals surface area contributed by atoms with Crippen LogP contribution in [0.15, 0.2) is 54.6 Å². The smallest absolute Gasteiger partial charge is 0.231 e. The summed E-state index contributed by atoms with van der Waals surface area (Å²) in [6.45, 7) is 5.41. The molecule has 0 bridgehead atoms. The van der Waals surface area contributed by atoms with Gasteiger partial charge in [-0.15, -0.1) is 0 Å². The van der Waals surface area contributed by atoms with Gasteiger partial charge in [0.05, 0.1) is 22.5 Å². The SMILES string of the molecule is CC(C)[C@H](NC(=O)C1(c2ccccc2)CCOCC1)c1nc2ccccc2[nH]1. The van der Waals surface area contributed by atoms with E-state index in [4.69, 9.17) is 9.72 Å². The number of aromatic amines is 1. The van der Waals surface area contributed by atoms with Crippen molar-refractivity contribution in [1.82, 2.24) is 15.3 Å². The number of amides is 1. The second-order valence-electron chi connectivity index (χ2n) is 7.89. The molecule has 1 aliphatic rings. The second kappa shape index (κ2) is 7.76. The minimum atomic E-state index is -0.557. The van der Waals surface area contributed by atoms with E-state index in [9.17, 15) is 4.79 Å². The summed E-state index contributed by atoms with van der Waals surface area (Å²) >= 11 is 0. The molecule has 2 N–H and O–H groups in total. The van der Waals surface area contributed by atoms with E-state index < -0.39 is 5.41 Å². The van der Waals surface area contributed by atoms with Gasteiger partial charge < -0.3 is 15.0 Å². The van der Waals surface area contributed by atoms with Crippen LogP contribution in [0.1, 0.15) is 44.1 Å². The third kappa shape index (κ3) is 3.42. The fourth-order valence-corrected chi connectivity index (χ4v) is 4.07. The van der Waals surface area contributed by atoms with Crippen molar-refractivity contribution in [2.24, 2.45) is 5.92 Å². The lowest BCUT2D eigenvalue weighted by Gasteiger charge is -2.37. The average molecular weight is 377 g/mol. The van der Waals surface area contributed by atoms with Crippen molar-refractivity contribution >= 4 is 16.9 Å². The monoisotopic (exact) mass is 377 g/mol. The van der Waals surface area contributed by atoms with Crippen molar-refractivity contribution in [2.45, 2.75) is 38.1 Å². The third-order valence-electron chi connectivity index (χ3n) is 5.76. The molecule has 3 aromatic rings. The Hall–Kier alpha value is -2.66. The maximum Gasteiger partial charge on any atom is 0.231 e. The number of nitrogens with zero attached hydrogens (tertiary/aromatic N) is 1. The maximum absolute atomic E-state index is 13.6. The number of carbonyl (C=O) groups excluding carboxylic acids is 1. The molecule has 1 atom stereocenters. The largest absolute Gasteiger partial charge is 0.381 e. The summed E-state index contributed by atoms with van der Waals surface area (Å²) in [5.74, 6) is 1.07. The Balaban J connectivity index is 1.66. The number of hydrogen-bond acceptors (Lipinski definition) is 3. The zero-order valence-corrected chi connectivity index (χ0v) is 16.4. The van der Waals surface area contributed by atoms with E-state index in [0.29, 0.717) is 26.1 Å². The quantitative estimate of drug-likeness (QED) is 0.703. The van der Waals surface area contributed by atoms with E-state index in [1.807, 2.05) is 42.5 Å². The summed E-state index contributed by atoms with van der Waals surface area (Å²) in [5, 5.41) is 3.31. The van der Waals surface area contributed by atoms with E-state index in [2.05, 4.69) is 36.3 Å². The van der Waals surface area contributed by atoms with Crippen LogP contribution in [0.3, 0.4) is 0 Å². The fraction of sp³-hybridized carbons (Fsp3) is 0.391. The van der Waals surface area contributed by atoms with Crippen LogP contribution in [-0.4, -0.2) is 29.1 Å². The Labute approximate surface area is 165 Å². The van der Waals surface area contributed by atoms with Crippen LogP contribution in [0.5, 0.6) is 0 Å². The van der Waals surface area contributed by atoms with Crippen molar-refractivity contribution in [3.8, 4) is 0 Å². The lowest BCUT2D eigenvalue weighted by atomic mass is 9.73. The van der Waals surface area contributed by atoms with E-state index >= 15 is 0 Å². The van der Waals surface area contributed by atoms with Crippen molar-refractivity contribution in [3.05, 3.63) is 66.0 Å². The average Bonchev–Trinajstić information content (AvgIpc) is 3.16. The minimum Gasteiger partial charge on any atom is -0.381 e. The molecule has 1 amide bonds. The zero-order valence-electron chi connectivity index (χ0n) is 16.4.